The van der Waals surface area contributed by atoms with E-state index in [1.165, 1.54) is 30.3 Å². The van der Waals surface area contributed by atoms with Crippen LogP contribution in [0.1, 0.15) is 21.5 Å². The van der Waals surface area contributed by atoms with Crippen LogP contribution in [-0.2, 0) is 0 Å². The number of aryl methyl sites for hydroxylation is 1. The Balaban J connectivity index is 2.51. The zero-order valence-corrected chi connectivity index (χ0v) is 11.7. The van der Waals surface area contributed by atoms with E-state index in [1.54, 1.807) is 13.0 Å². The first-order valence-corrected chi connectivity index (χ1v) is 6.33. The summed E-state index contributed by atoms with van der Waals surface area (Å²) in [6.45, 7) is 1.78. The van der Waals surface area contributed by atoms with Crippen LogP contribution in [0.4, 0.5) is 8.78 Å². The molecule has 0 unspecified atom stereocenters. The molecule has 0 aliphatic heterocycles. The van der Waals surface area contributed by atoms with Crippen LogP contribution < -0.4 is 0 Å². The largest absolute Gasteiger partial charge is 0.288 e. The molecule has 4 heteroatoms. The van der Waals surface area contributed by atoms with Crippen molar-refractivity contribution in [2.75, 3.05) is 0 Å². The Kier molecular flexibility index (Phi) is 3.75. The summed E-state index contributed by atoms with van der Waals surface area (Å²) in [5, 5.41) is 0. The molecule has 92 valence electrons. The molecular weight excluding hydrogens is 349 g/mol. The third-order valence-electron chi connectivity index (χ3n) is 2.54. The van der Waals surface area contributed by atoms with Gasteiger partial charge in [-0.2, -0.15) is 0 Å². The highest BCUT2D eigenvalue weighted by Gasteiger charge is 2.16. The number of rotatable bonds is 2. The molecule has 0 amide bonds. The van der Waals surface area contributed by atoms with E-state index in [4.69, 9.17) is 0 Å². The van der Waals surface area contributed by atoms with E-state index in [0.717, 1.165) is 5.56 Å². The third kappa shape index (κ3) is 2.58. The summed E-state index contributed by atoms with van der Waals surface area (Å²) in [5.74, 6) is -1.41. The number of hydrogen-bond donors (Lipinski definition) is 0. The molecule has 2 rings (SSSR count). The van der Waals surface area contributed by atoms with Crippen LogP contribution in [-0.4, -0.2) is 5.78 Å². The van der Waals surface area contributed by atoms with E-state index < -0.39 is 17.4 Å². The molecule has 0 heterocycles. The summed E-state index contributed by atoms with van der Waals surface area (Å²) in [6.07, 6.45) is 0. The van der Waals surface area contributed by atoms with Gasteiger partial charge in [-0.05, 0) is 59.8 Å². The van der Waals surface area contributed by atoms with Crippen LogP contribution in [0.3, 0.4) is 0 Å². The number of ketones is 1. The molecule has 0 aromatic heterocycles. The summed E-state index contributed by atoms with van der Waals surface area (Å²) in [5.41, 5.74) is 1.12. The van der Waals surface area contributed by atoms with Gasteiger partial charge in [0.1, 0.15) is 11.6 Å². The van der Waals surface area contributed by atoms with Crippen molar-refractivity contribution < 1.29 is 13.6 Å². The topological polar surface area (TPSA) is 17.1 Å². The molecule has 0 spiro atoms. The van der Waals surface area contributed by atoms with Gasteiger partial charge in [0.2, 0.25) is 0 Å². The second kappa shape index (κ2) is 5.14. The van der Waals surface area contributed by atoms with Crippen molar-refractivity contribution in [3.63, 3.8) is 0 Å². The van der Waals surface area contributed by atoms with Crippen LogP contribution in [0.15, 0.2) is 36.4 Å². The minimum atomic E-state index is -0.564. The van der Waals surface area contributed by atoms with Gasteiger partial charge >= 0.3 is 0 Å². The van der Waals surface area contributed by atoms with Gasteiger partial charge in [-0.3, -0.25) is 4.79 Å². The molecule has 0 bridgehead atoms. The van der Waals surface area contributed by atoms with Gasteiger partial charge < -0.3 is 0 Å². The summed E-state index contributed by atoms with van der Waals surface area (Å²) < 4.78 is 27.1. The monoisotopic (exact) mass is 358 g/mol. The molecule has 0 saturated carbocycles. The van der Waals surface area contributed by atoms with Crippen molar-refractivity contribution in [2.45, 2.75) is 6.92 Å². The predicted molar refractivity (Wildman–Crippen MR) is 73.7 cm³/mol. The van der Waals surface area contributed by atoms with Crippen molar-refractivity contribution in [3.05, 3.63) is 68.3 Å². The van der Waals surface area contributed by atoms with Gasteiger partial charge in [-0.1, -0.05) is 11.6 Å². The Morgan fingerprint density at radius 1 is 1.06 bits per heavy atom. The lowest BCUT2D eigenvalue weighted by Gasteiger charge is -2.06. The van der Waals surface area contributed by atoms with Crippen LogP contribution in [0.5, 0.6) is 0 Å². The van der Waals surface area contributed by atoms with E-state index >= 15 is 0 Å². The Bertz CT molecular complexity index is 623. The summed E-state index contributed by atoms with van der Waals surface area (Å²) >= 11 is 1.87. The molecule has 0 radical (unpaired) electrons. The molecule has 0 aliphatic carbocycles. The minimum Gasteiger partial charge on any atom is -0.288 e. The lowest BCUT2D eigenvalue weighted by Crippen LogP contribution is -2.07. The molecule has 0 atom stereocenters. The predicted octanol–water partition coefficient (Wildman–Crippen LogP) is 4.11. The van der Waals surface area contributed by atoms with Crippen LogP contribution in [0.2, 0.25) is 0 Å². The first-order chi connectivity index (χ1) is 8.49. The van der Waals surface area contributed by atoms with Crippen molar-refractivity contribution >= 4 is 28.4 Å². The number of halogens is 3. The fourth-order valence-corrected chi connectivity index (χ4v) is 2.35. The van der Waals surface area contributed by atoms with Crippen molar-refractivity contribution in [1.29, 1.82) is 0 Å². The van der Waals surface area contributed by atoms with Gasteiger partial charge in [0.05, 0.1) is 5.56 Å². The Morgan fingerprint density at radius 2 is 1.78 bits per heavy atom. The molecular formula is C14H9F2IO. The average molecular weight is 358 g/mol. The molecule has 0 aliphatic rings. The van der Waals surface area contributed by atoms with Crippen molar-refractivity contribution in [1.82, 2.24) is 0 Å². The van der Waals surface area contributed by atoms with Gasteiger partial charge in [0.25, 0.3) is 0 Å². The van der Waals surface area contributed by atoms with Crippen LogP contribution in [0, 0.1) is 22.1 Å². The van der Waals surface area contributed by atoms with Crippen LogP contribution >= 0.6 is 22.6 Å². The van der Waals surface area contributed by atoms with E-state index in [1.807, 2.05) is 22.6 Å². The SMILES string of the molecule is Cc1ccc(F)c(C(=O)c2ccc(F)cc2I)c1. The van der Waals surface area contributed by atoms with E-state index in [0.29, 0.717) is 9.13 Å². The first kappa shape index (κ1) is 13.1. The highest BCUT2D eigenvalue weighted by Crippen LogP contribution is 2.20. The van der Waals surface area contributed by atoms with Gasteiger partial charge in [-0.25, -0.2) is 8.78 Å². The Morgan fingerprint density at radius 3 is 2.44 bits per heavy atom. The zero-order valence-electron chi connectivity index (χ0n) is 9.51. The number of carbonyl (C=O) groups excluding carboxylic acids is 1. The fraction of sp³-hybridized carbons (Fsp3) is 0.0714. The van der Waals surface area contributed by atoms with Gasteiger partial charge in [-0.15, -0.1) is 0 Å². The molecule has 2 aromatic rings. The Labute approximate surface area is 117 Å². The standard InChI is InChI=1S/C14H9F2IO/c1-8-2-5-12(16)11(6-8)14(18)10-4-3-9(15)7-13(10)17/h2-7H,1H3. The van der Waals surface area contributed by atoms with Crippen molar-refractivity contribution in [2.24, 2.45) is 0 Å². The lowest BCUT2D eigenvalue weighted by atomic mass is 10.0. The summed E-state index contributed by atoms with van der Waals surface area (Å²) in [6, 6.07) is 8.18. The number of benzene rings is 2. The molecule has 0 N–H and O–H groups in total. The molecule has 1 nitrogen and oxygen atoms in total. The van der Waals surface area contributed by atoms with Gasteiger partial charge in [0, 0.05) is 9.13 Å². The molecule has 0 saturated heterocycles. The second-order valence-corrected chi connectivity index (χ2v) is 5.10. The summed E-state index contributed by atoms with van der Waals surface area (Å²) in [7, 11) is 0. The first-order valence-electron chi connectivity index (χ1n) is 5.25. The molecule has 2 aromatic carbocycles. The molecule has 0 fully saturated rings. The maximum Gasteiger partial charge on any atom is 0.197 e. The van der Waals surface area contributed by atoms with E-state index in [9.17, 15) is 13.6 Å². The highest BCUT2D eigenvalue weighted by atomic mass is 127. The van der Waals surface area contributed by atoms with E-state index in [2.05, 4.69) is 0 Å². The van der Waals surface area contributed by atoms with E-state index in [-0.39, 0.29) is 5.56 Å². The third-order valence-corrected chi connectivity index (χ3v) is 3.43. The average Bonchev–Trinajstić information content (AvgIpc) is 2.31. The maximum absolute atomic E-state index is 13.6. The minimum absolute atomic E-state index is 0.0134. The number of carbonyl (C=O) groups is 1. The maximum atomic E-state index is 13.6. The normalized spacial score (nSPS) is 10.4. The smallest absolute Gasteiger partial charge is 0.197 e. The fourth-order valence-electron chi connectivity index (χ4n) is 1.63. The van der Waals surface area contributed by atoms with Crippen LogP contribution in [0.25, 0.3) is 0 Å². The number of hydrogen-bond acceptors (Lipinski definition) is 1. The zero-order chi connectivity index (χ0) is 13.3. The molecule has 18 heavy (non-hydrogen) atoms. The van der Waals surface area contributed by atoms with Crippen molar-refractivity contribution in [3.8, 4) is 0 Å². The Hall–Kier alpha value is -1.30. The quantitative estimate of drug-likeness (QED) is 0.583. The highest BCUT2D eigenvalue weighted by molar-refractivity contribution is 14.1. The summed E-state index contributed by atoms with van der Waals surface area (Å²) in [4.78, 5) is 12.2. The lowest BCUT2D eigenvalue weighted by molar-refractivity contribution is 0.103. The van der Waals surface area contributed by atoms with Gasteiger partial charge in [0.15, 0.2) is 5.78 Å². The second-order valence-electron chi connectivity index (χ2n) is 3.94.